The molecule has 14 heteroatoms. The van der Waals surface area contributed by atoms with Gasteiger partial charge in [-0.2, -0.15) is 0 Å². The van der Waals surface area contributed by atoms with Gasteiger partial charge in [-0.3, -0.25) is 4.79 Å². The number of rotatable bonds is 8. The van der Waals surface area contributed by atoms with Crippen molar-refractivity contribution in [2.75, 3.05) is 26.2 Å². The van der Waals surface area contributed by atoms with E-state index in [1.54, 1.807) is 30.3 Å². The number of hydrogen-bond acceptors (Lipinski definition) is 7. The molecule has 39 heavy (non-hydrogen) atoms. The second-order valence-electron chi connectivity index (χ2n) is 9.27. The number of carbonyl (C=O) groups is 1. The van der Waals surface area contributed by atoms with Gasteiger partial charge >= 0.3 is 6.36 Å². The van der Waals surface area contributed by atoms with Crippen molar-refractivity contribution in [3.63, 3.8) is 0 Å². The van der Waals surface area contributed by atoms with Gasteiger partial charge in [0.1, 0.15) is 17.6 Å². The molecule has 1 atom stereocenters. The van der Waals surface area contributed by atoms with Gasteiger partial charge in [0.15, 0.2) is 11.0 Å². The molecule has 2 aromatic rings. The number of benzene rings is 2. The number of aliphatic hydroxyl groups excluding tert-OH is 1. The van der Waals surface area contributed by atoms with Gasteiger partial charge in [0.25, 0.3) is 0 Å². The predicted octanol–water partition coefficient (Wildman–Crippen LogP) is 3.11. The summed E-state index contributed by atoms with van der Waals surface area (Å²) in [5.41, 5.74) is 0.443. The number of carbonyl (C=O) groups excluding carboxylic acids is 1. The Kier molecular flexibility index (Phi) is 10.1. The molecule has 0 radical (unpaired) electrons. The first-order valence-corrected chi connectivity index (χ1v) is 13.7. The summed E-state index contributed by atoms with van der Waals surface area (Å²) in [6, 6.07) is 13.5. The summed E-state index contributed by atoms with van der Waals surface area (Å²) in [5, 5.41) is 16.1. The first-order chi connectivity index (χ1) is 18.0. The van der Waals surface area contributed by atoms with Crippen molar-refractivity contribution in [1.82, 2.24) is 14.9 Å². The maximum absolute atomic E-state index is 13.8. The van der Waals surface area contributed by atoms with Crippen molar-refractivity contribution in [3.05, 3.63) is 60.2 Å². The maximum atomic E-state index is 13.8. The normalized spacial score (nSPS) is 19.4. The van der Waals surface area contributed by atoms with Gasteiger partial charge in [0, 0.05) is 18.7 Å². The van der Waals surface area contributed by atoms with Crippen LogP contribution in [0.25, 0.3) is 0 Å². The molecule has 2 aliphatic rings. The van der Waals surface area contributed by atoms with Crippen LogP contribution in [0.2, 0.25) is 0 Å². The first kappa shape index (κ1) is 31.0. The van der Waals surface area contributed by atoms with E-state index in [-0.39, 0.29) is 50.2 Å². The van der Waals surface area contributed by atoms with E-state index < -0.39 is 33.3 Å². The minimum atomic E-state index is -4.79. The Balaban J connectivity index is 0.00000420. The van der Waals surface area contributed by atoms with Crippen LogP contribution in [0.4, 0.5) is 13.2 Å². The summed E-state index contributed by atoms with van der Waals surface area (Å²) in [4.78, 5) is 13.4. The van der Waals surface area contributed by atoms with E-state index in [1.165, 1.54) is 16.4 Å². The predicted molar refractivity (Wildman–Crippen MR) is 139 cm³/mol. The van der Waals surface area contributed by atoms with E-state index in [1.807, 2.05) is 0 Å². The van der Waals surface area contributed by atoms with Crippen LogP contribution < -0.4 is 20.1 Å². The molecule has 2 aliphatic heterocycles. The number of piperidine rings is 2. The molecule has 4 rings (SSSR count). The van der Waals surface area contributed by atoms with Crippen molar-refractivity contribution < 1.29 is 41.0 Å². The lowest BCUT2D eigenvalue weighted by molar-refractivity contribution is -0.274. The van der Waals surface area contributed by atoms with Crippen molar-refractivity contribution in [2.45, 2.75) is 49.1 Å². The summed E-state index contributed by atoms with van der Waals surface area (Å²) in [7, 11) is -4.10. The zero-order valence-electron chi connectivity index (χ0n) is 20.9. The fraction of sp³-hybridized carbons (Fsp3) is 0.480. The van der Waals surface area contributed by atoms with Gasteiger partial charge in [-0.25, -0.2) is 12.7 Å². The molecule has 0 spiro atoms. The summed E-state index contributed by atoms with van der Waals surface area (Å²) >= 11 is 0. The minimum Gasteiger partial charge on any atom is -0.490 e. The fourth-order valence-electron chi connectivity index (χ4n) is 4.76. The molecule has 2 saturated heterocycles. The van der Waals surface area contributed by atoms with Crippen LogP contribution >= 0.6 is 12.4 Å². The second kappa shape index (κ2) is 12.7. The third kappa shape index (κ3) is 7.34. The van der Waals surface area contributed by atoms with Gasteiger partial charge in [-0.05, 0) is 63.0 Å². The molecule has 2 heterocycles. The third-order valence-electron chi connectivity index (χ3n) is 6.80. The summed E-state index contributed by atoms with van der Waals surface area (Å²) < 4.78 is 74.0. The maximum Gasteiger partial charge on any atom is 0.573 e. The Hall–Kier alpha value is -2.58. The highest BCUT2D eigenvalue weighted by molar-refractivity contribution is 7.91. The number of nitrogens with zero attached hydrogens (tertiary/aromatic N) is 1. The minimum absolute atomic E-state index is 0. The van der Waals surface area contributed by atoms with Gasteiger partial charge in [-0.1, -0.05) is 30.3 Å². The number of aliphatic hydroxyl groups is 1. The molecule has 0 saturated carbocycles. The first-order valence-electron chi connectivity index (χ1n) is 12.3. The zero-order chi connectivity index (χ0) is 27.4. The SMILES string of the molecule is Cl.O=C(NC(O)c1ccccc1)C1(S(=O)(=O)N2CCC(Oc3ccc(OC(F)(F)F)cc3)CC2)CCNCC1. The molecular formula is C25H31ClF3N3O6S. The topological polar surface area (TPSA) is 117 Å². The molecule has 3 N–H and O–H groups in total. The van der Waals surface area contributed by atoms with Crippen LogP contribution in [0.15, 0.2) is 54.6 Å². The summed E-state index contributed by atoms with van der Waals surface area (Å²) in [6.07, 6.45) is -5.70. The molecule has 1 amide bonds. The Labute approximate surface area is 231 Å². The lowest BCUT2D eigenvalue weighted by Gasteiger charge is -2.41. The lowest BCUT2D eigenvalue weighted by atomic mass is 9.95. The molecule has 9 nitrogen and oxygen atoms in total. The average molecular weight is 594 g/mol. The van der Waals surface area contributed by atoms with E-state index in [2.05, 4.69) is 15.4 Å². The smallest absolute Gasteiger partial charge is 0.490 e. The third-order valence-corrected chi connectivity index (χ3v) is 9.43. The molecule has 0 aromatic heterocycles. The Morgan fingerprint density at radius 2 is 1.59 bits per heavy atom. The number of ether oxygens (including phenoxy) is 2. The Morgan fingerprint density at radius 3 is 2.15 bits per heavy atom. The monoisotopic (exact) mass is 593 g/mol. The average Bonchev–Trinajstić information content (AvgIpc) is 2.90. The largest absolute Gasteiger partial charge is 0.573 e. The molecule has 2 fully saturated rings. The molecule has 216 valence electrons. The number of sulfonamides is 1. The van der Waals surface area contributed by atoms with Crippen LogP contribution in [0, 0.1) is 0 Å². The number of amides is 1. The van der Waals surface area contributed by atoms with Crippen molar-refractivity contribution >= 4 is 28.3 Å². The van der Waals surface area contributed by atoms with E-state index in [0.717, 1.165) is 12.1 Å². The van der Waals surface area contributed by atoms with Crippen LogP contribution in [0.1, 0.15) is 37.5 Å². The van der Waals surface area contributed by atoms with Crippen LogP contribution in [0.5, 0.6) is 11.5 Å². The fourth-order valence-corrected chi connectivity index (χ4v) is 6.96. The van der Waals surface area contributed by atoms with E-state index in [9.17, 15) is 31.5 Å². The second-order valence-corrected chi connectivity index (χ2v) is 11.5. The van der Waals surface area contributed by atoms with E-state index in [0.29, 0.717) is 37.2 Å². The van der Waals surface area contributed by atoms with Crippen molar-refractivity contribution in [1.29, 1.82) is 0 Å². The highest BCUT2D eigenvalue weighted by atomic mass is 35.5. The Bertz CT molecular complexity index is 1190. The number of alkyl halides is 3. The van der Waals surface area contributed by atoms with Crippen LogP contribution in [-0.4, -0.2) is 67.1 Å². The summed E-state index contributed by atoms with van der Waals surface area (Å²) in [5.74, 6) is -0.770. The van der Waals surface area contributed by atoms with Crippen molar-refractivity contribution in [3.8, 4) is 11.5 Å². The molecule has 2 aromatic carbocycles. The quantitative estimate of drug-likeness (QED) is 0.403. The number of hydrogen-bond donors (Lipinski definition) is 3. The van der Waals surface area contributed by atoms with E-state index >= 15 is 0 Å². The standard InChI is InChI=1S/C25H30F3N3O6S.ClH/c26-25(27,28)37-21-8-6-19(7-9-21)36-20-10-16-31(17-11-20)38(34,35)24(12-14-29-15-13-24)23(33)30-22(32)18-4-2-1-3-5-18;/h1-9,20,22,29,32H,10-17H2,(H,30,33);1H. The highest BCUT2D eigenvalue weighted by Gasteiger charge is 2.54. The molecule has 0 aliphatic carbocycles. The highest BCUT2D eigenvalue weighted by Crippen LogP contribution is 2.34. The summed E-state index contributed by atoms with van der Waals surface area (Å²) in [6.45, 7) is 0.904. The number of halogens is 4. The van der Waals surface area contributed by atoms with E-state index in [4.69, 9.17) is 4.74 Å². The van der Waals surface area contributed by atoms with Crippen LogP contribution in [-0.2, 0) is 14.8 Å². The Morgan fingerprint density at radius 1 is 1.03 bits per heavy atom. The zero-order valence-corrected chi connectivity index (χ0v) is 22.5. The van der Waals surface area contributed by atoms with Crippen molar-refractivity contribution in [2.24, 2.45) is 0 Å². The van der Waals surface area contributed by atoms with Gasteiger partial charge < -0.3 is 25.2 Å². The van der Waals surface area contributed by atoms with Gasteiger partial charge in [-0.15, -0.1) is 25.6 Å². The van der Waals surface area contributed by atoms with Gasteiger partial charge in [0.05, 0.1) is 0 Å². The number of nitrogens with one attached hydrogen (secondary N) is 2. The molecule has 0 bridgehead atoms. The van der Waals surface area contributed by atoms with Gasteiger partial charge in [0.2, 0.25) is 15.9 Å². The van der Waals surface area contributed by atoms with Crippen LogP contribution in [0.3, 0.4) is 0 Å². The molecule has 1 unspecified atom stereocenters. The molecular weight excluding hydrogens is 563 g/mol. The lowest BCUT2D eigenvalue weighted by Crippen LogP contribution is -2.62.